The third kappa shape index (κ3) is 4.52. The second kappa shape index (κ2) is 9.01. The van der Waals surface area contributed by atoms with Crippen molar-refractivity contribution in [3.05, 3.63) is 71.1 Å². The van der Waals surface area contributed by atoms with E-state index in [-0.39, 0.29) is 5.69 Å². The van der Waals surface area contributed by atoms with E-state index >= 15 is 0 Å². The Kier molecular flexibility index (Phi) is 5.92. The van der Waals surface area contributed by atoms with Crippen LogP contribution in [0.1, 0.15) is 6.42 Å². The molecule has 0 bridgehead atoms. The maximum Gasteiger partial charge on any atom is 0.323 e. The fourth-order valence-corrected chi connectivity index (χ4v) is 5.84. The van der Waals surface area contributed by atoms with Crippen LogP contribution in [0.25, 0.3) is 21.8 Å². The van der Waals surface area contributed by atoms with Crippen LogP contribution in [0.3, 0.4) is 0 Å². The van der Waals surface area contributed by atoms with Crippen LogP contribution < -0.4 is 15.3 Å². The molecule has 3 N–H and O–H groups in total. The molecule has 5 rings (SSSR count). The van der Waals surface area contributed by atoms with Crippen molar-refractivity contribution >= 4 is 37.5 Å². The van der Waals surface area contributed by atoms with Crippen LogP contribution >= 0.6 is 0 Å². The zero-order chi connectivity index (χ0) is 22.8. The molecule has 1 saturated heterocycles. The summed E-state index contributed by atoms with van der Waals surface area (Å²) in [6.07, 6.45) is 0.741. The van der Waals surface area contributed by atoms with E-state index in [1.807, 2.05) is 48.5 Å². The van der Waals surface area contributed by atoms with Gasteiger partial charge >= 0.3 is 5.69 Å². The van der Waals surface area contributed by atoms with Crippen LogP contribution in [0.15, 0.2) is 70.4 Å². The molecule has 0 spiro atoms. The maximum atomic E-state index is 12.8. The van der Waals surface area contributed by atoms with Crippen molar-refractivity contribution < 1.29 is 8.42 Å². The van der Waals surface area contributed by atoms with Crippen LogP contribution in [0.2, 0.25) is 0 Å². The van der Waals surface area contributed by atoms with Gasteiger partial charge in [0.05, 0.1) is 21.6 Å². The lowest BCUT2D eigenvalue weighted by Crippen LogP contribution is -2.47. The molecule has 1 aliphatic heterocycles. The van der Waals surface area contributed by atoms with Gasteiger partial charge in [0.1, 0.15) is 0 Å². The molecule has 3 aromatic carbocycles. The van der Waals surface area contributed by atoms with Crippen molar-refractivity contribution in [2.24, 2.45) is 0 Å². The van der Waals surface area contributed by atoms with Crippen LogP contribution in [0.4, 0.5) is 5.69 Å². The molecule has 0 saturated carbocycles. The summed E-state index contributed by atoms with van der Waals surface area (Å²) in [7, 11) is -3.56. The minimum Gasteiger partial charge on any atom is -0.367 e. The van der Waals surface area contributed by atoms with Crippen molar-refractivity contribution in [3.63, 3.8) is 0 Å². The normalized spacial score (nSPS) is 15.5. The molecule has 0 unspecified atom stereocenters. The predicted molar refractivity (Wildman–Crippen MR) is 131 cm³/mol. The van der Waals surface area contributed by atoms with Gasteiger partial charge in [-0.15, -0.1) is 0 Å². The van der Waals surface area contributed by atoms with Gasteiger partial charge in [0.25, 0.3) is 0 Å². The predicted octanol–water partition coefficient (Wildman–Crippen LogP) is 2.50. The van der Waals surface area contributed by atoms with E-state index in [0.717, 1.165) is 66.6 Å². The standard InChI is InChI=1S/C24H27N5O3S/c30-24-26-20-9-4-10-21(23(20)27-24)29-16-14-28(15-17-29)13-5-12-25-33(31,32)22-11-3-7-18-6-1-2-8-19(18)22/h1-4,6-11,25H,5,12-17H2,(H2,26,27,30). The SMILES string of the molecule is O=c1[nH]c2cccc(N3CCN(CCCNS(=O)(=O)c4cccc5ccccc45)CC3)c2[nH]1. The summed E-state index contributed by atoms with van der Waals surface area (Å²) in [6, 6.07) is 18.8. The molecule has 1 aliphatic rings. The number of nitrogens with zero attached hydrogens (tertiary/aromatic N) is 2. The highest BCUT2D eigenvalue weighted by Crippen LogP contribution is 2.25. The average molecular weight is 466 g/mol. The molecule has 4 aromatic rings. The molecule has 0 radical (unpaired) electrons. The first kappa shape index (κ1) is 21.7. The summed E-state index contributed by atoms with van der Waals surface area (Å²) >= 11 is 0. The molecule has 1 aromatic heterocycles. The lowest BCUT2D eigenvalue weighted by atomic mass is 10.1. The highest BCUT2D eigenvalue weighted by atomic mass is 32.2. The van der Waals surface area contributed by atoms with Gasteiger partial charge in [-0.05, 0) is 36.6 Å². The molecule has 2 heterocycles. The summed E-state index contributed by atoms with van der Waals surface area (Å²) in [5.74, 6) is 0. The van der Waals surface area contributed by atoms with E-state index in [9.17, 15) is 13.2 Å². The highest BCUT2D eigenvalue weighted by Gasteiger charge is 2.20. The van der Waals surface area contributed by atoms with E-state index < -0.39 is 10.0 Å². The number of aromatic nitrogens is 2. The summed E-state index contributed by atoms with van der Waals surface area (Å²) in [5.41, 5.74) is 2.51. The molecular weight excluding hydrogens is 438 g/mol. The number of hydrogen-bond donors (Lipinski definition) is 3. The van der Waals surface area contributed by atoms with Gasteiger partial charge in [-0.1, -0.05) is 42.5 Å². The third-order valence-corrected chi connectivity index (χ3v) is 7.74. The van der Waals surface area contributed by atoms with Gasteiger partial charge < -0.3 is 14.9 Å². The Morgan fingerprint density at radius 1 is 0.879 bits per heavy atom. The molecule has 33 heavy (non-hydrogen) atoms. The number of aromatic amines is 2. The van der Waals surface area contributed by atoms with Crippen molar-refractivity contribution in [1.29, 1.82) is 0 Å². The zero-order valence-corrected chi connectivity index (χ0v) is 19.1. The first-order chi connectivity index (χ1) is 16.0. The Bertz CT molecular complexity index is 1430. The molecule has 1 fully saturated rings. The Labute approximate surface area is 192 Å². The second-order valence-electron chi connectivity index (χ2n) is 8.34. The highest BCUT2D eigenvalue weighted by molar-refractivity contribution is 7.89. The van der Waals surface area contributed by atoms with Gasteiger partial charge in [0.15, 0.2) is 0 Å². The number of piperazine rings is 1. The first-order valence-electron chi connectivity index (χ1n) is 11.2. The summed E-state index contributed by atoms with van der Waals surface area (Å²) in [5, 5.41) is 1.65. The maximum absolute atomic E-state index is 12.8. The number of anilines is 1. The smallest absolute Gasteiger partial charge is 0.323 e. The van der Waals surface area contributed by atoms with E-state index in [1.165, 1.54) is 0 Å². The second-order valence-corrected chi connectivity index (χ2v) is 10.1. The van der Waals surface area contributed by atoms with Crippen LogP contribution in [-0.2, 0) is 10.0 Å². The number of imidazole rings is 1. The topological polar surface area (TPSA) is 101 Å². The average Bonchev–Trinajstić information content (AvgIpc) is 3.22. The Hall–Kier alpha value is -3.14. The lowest BCUT2D eigenvalue weighted by molar-refractivity contribution is 0.255. The van der Waals surface area contributed by atoms with E-state index in [0.29, 0.717) is 11.4 Å². The van der Waals surface area contributed by atoms with Crippen molar-refractivity contribution in [1.82, 2.24) is 19.6 Å². The molecular formula is C24H27N5O3S. The van der Waals surface area contributed by atoms with Crippen molar-refractivity contribution in [2.75, 3.05) is 44.2 Å². The van der Waals surface area contributed by atoms with Gasteiger partial charge in [0, 0.05) is 38.1 Å². The van der Waals surface area contributed by atoms with Crippen LogP contribution in [0, 0.1) is 0 Å². The quantitative estimate of drug-likeness (QED) is 0.364. The summed E-state index contributed by atoms with van der Waals surface area (Å²) in [4.78, 5) is 22.3. The number of fused-ring (bicyclic) bond motifs is 2. The third-order valence-electron chi connectivity index (χ3n) is 6.22. The molecule has 0 atom stereocenters. The number of benzene rings is 3. The molecule has 9 heteroatoms. The number of para-hydroxylation sites is 1. The Morgan fingerprint density at radius 3 is 2.48 bits per heavy atom. The van der Waals surface area contributed by atoms with Gasteiger partial charge in [0.2, 0.25) is 10.0 Å². The molecule has 172 valence electrons. The number of H-pyrrole nitrogens is 2. The van der Waals surface area contributed by atoms with Crippen LogP contribution in [0.5, 0.6) is 0 Å². The monoisotopic (exact) mass is 465 g/mol. The summed E-state index contributed by atoms with van der Waals surface area (Å²) < 4.78 is 28.5. The fourth-order valence-electron chi connectivity index (χ4n) is 4.54. The van der Waals surface area contributed by atoms with Crippen LogP contribution in [-0.4, -0.2) is 62.6 Å². The first-order valence-corrected chi connectivity index (χ1v) is 12.7. The van der Waals surface area contributed by atoms with E-state index in [1.54, 1.807) is 12.1 Å². The Balaban J connectivity index is 1.14. The molecule has 0 amide bonds. The molecule has 0 aliphatic carbocycles. The lowest BCUT2D eigenvalue weighted by Gasteiger charge is -2.36. The minimum atomic E-state index is -3.56. The Morgan fingerprint density at radius 2 is 1.64 bits per heavy atom. The zero-order valence-electron chi connectivity index (χ0n) is 18.3. The van der Waals surface area contributed by atoms with E-state index in [4.69, 9.17) is 0 Å². The van der Waals surface area contributed by atoms with Gasteiger partial charge in [-0.25, -0.2) is 17.9 Å². The van der Waals surface area contributed by atoms with Crippen molar-refractivity contribution in [2.45, 2.75) is 11.3 Å². The molecule has 8 nitrogen and oxygen atoms in total. The van der Waals surface area contributed by atoms with Gasteiger partial charge in [-0.2, -0.15) is 0 Å². The summed E-state index contributed by atoms with van der Waals surface area (Å²) in [6.45, 7) is 4.72. The fraction of sp³-hybridized carbons (Fsp3) is 0.292. The number of hydrogen-bond acceptors (Lipinski definition) is 5. The number of sulfonamides is 1. The minimum absolute atomic E-state index is 0.193. The number of rotatable bonds is 7. The van der Waals surface area contributed by atoms with Crippen molar-refractivity contribution in [3.8, 4) is 0 Å². The number of nitrogens with one attached hydrogen (secondary N) is 3. The van der Waals surface area contributed by atoms with Gasteiger partial charge in [-0.3, -0.25) is 4.90 Å². The largest absolute Gasteiger partial charge is 0.367 e. The van der Waals surface area contributed by atoms with E-state index in [2.05, 4.69) is 24.5 Å².